The summed E-state index contributed by atoms with van der Waals surface area (Å²) < 4.78 is 0. The summed E-state index contributed by atoms with van der Waals surface area (Å²) in [6, 6.07) is 15.8. The second-order valence-corrected chi connectivity index (χ2v) is 5.73. The van der Waals surface area contributed by atoms with E-state index in [9.17, 15) is 4.79 Å². The van der Waals surface area contributed by atoms with E-state index in [0.717, 1.165) is 22.4 Å². The van der Waals surface area contributed by atoms with Gasteiger partial charge in [-0.15, -0.1) is 0 Å². The van der Waals surface area contributed by atoms with Gasteiger partial charge in [0.05, 0.1) is 5.57 Å². The molecule has 0 atom stereocenters. The van der Waals surface area contributed by atoms with Crippen LogP contribution in [-0.4, -0.2) is 25.8 Å². The van der Waals surface area contributed by atoms with Crippen LogP contribution in [0.5, 0.6) is 0 Å². The van der Waals surface area contributed by atoms with Gasteiger partial charge in [0.25, 0.3) is 0 Å². The zero-order chi connectivity index (χ0) is 16.4. The average molecular weight is 306 g/mol. The van der Waals surface area contributed by atoms with E-state index < -0.39 is 5.97 Å². The highest BCUT2D eigenvalue weighted by atomic mass is 16.7. The first kappa shape index (κ1) is 15.0. The highest BCUT2D eigenvalue weighted by Gasteiger charge is 2.26. The molecule has 4 nitrogen and oxygen atoms in total. The number of carbonyl (C=O) groups excluding carboxylic acids is 1. The fourth-order valence-corrected chi connectivity index (χ4v) is 2.45. The van der Waals surface area contributed by atoms with Gasteiger partial charge in [0.2, 0.25) is 0 Å². The van der Waals surface area contributed by atoms with Crippen LogP contribution in [0.4, 0.5) is 5.69 Å². The smallest absolute Gasteiger partial charge is 0.368 e. The van der Waals surface area contributed by atoms with Crippen LogP contribution in [0, 0.1) is 6.92 Å². The van der Waals surface area contributed by atoms with Crippen molar-refractivity contribution in [1.82, 2.24) is 0 Å². The molecule has 0 amide bonds. The summed E-state index contributed by atoms with van der Waals surface area (Å²) in [5, 5.41) is 3.94. The van der Waals surface area contributed by atoms with Crippen LogP contribution >= 0.6 is 0 Å². The summed E-state index contributed by atoms with van der Waals surface area (Å²) in [7, 11) is 3.98. The Kier molecular flexibility index (Phi) is 3.98. The summed E-state index contributed by atoms with van der Waals surface area (Å²) in [5.74, 6) is -0.418. The number of aryl methyl sites for hydroxylation is 1. The number of hydrogen-bond acceptors (Lipinski definition) is 4. The third-order valence-electron chi connectivity index (χ3n) is 3.71. The molecule has 1 aliphatic heterocycles. The Hall–Kier alpha value is -2.88. The van der Waals surface area contributed by atoms with Gasteiger partial charge in [-0.3, -0.25) is 0 Å². The molecular weight excluding hydrogens is 288 g/mol. The van der Waals surface area contributed by atoms with Gasteiger partial charge < -0.3 is 9.74 Å². The highest BCUT2D eigenvalue weighted by Crippen LogP contribution is 2.22. The number of oxime groups is 1. The monoisotopic (exact) mass is 306 g/mol. The van der Waals surface area contributed by atoms with Gasteiger partial charge >= 0.3 is 5.97 Å². The molecule has 23 heavy (non-hydrogen) atoms. The van der Waals surface area contributed by atoms with Crippen molar-refractivity contribution in [2.75, 3.05) is 19.0 Å². The van der Waals surface area contributed by atoms with Crippen LogP contribution in [0.3, 0.4) is 0 Å². The molecule has 116 valence electrons. The van der Waals surface area contributed by atoms with Gasteiger partial charge in [0, 0.05) is 25.3 Å². The van der Waals surface area contributed by atoms with E-state index in [1.165, 1.54) is 0 Å². The van der Waals surface area contributed by atoms with E-state index in [0.29, 0.717) is 11.3 Å². The normalized spacial score (nSPS) is 15.5. The second-order valence-electron chi connectivity index (χ2n) is 5.73. The summed E-state index contributed by atoms with van der Waals surface area (Å²) >= 11 is 0. The van der Waals surface area contributed by atoms with E-state index in [4.69, 9.17) is 4.84 Å². The minimum absolute atomic E-state index is 0.418. The van der Waals surface area contributed by atoms with E-state index in [1.807, 2.05) is 80.5 Å². The quantitative estimate of drug-likeness (QED) is 0.644. The fraction of sp³-hybridized carbons (Fsp3) is 0.158. The van der Waals surface area contributed by atoms with Crippen molar-refractivity contribution < 1.29 is 9.63 Å². The number of benzene rings is 2. The Balaban J connectivity index is 1.96. The first-order chi connectivity index (χ1) is 11.0. The predicted octanol–water partition coefficient (Wildman–Crippen LogP) is 3.41. The predicted molar refractivity (Wildman–Crippen MR) is 92.6 cm³/mol. The molecular formula is C19H18N2O2. The minimum atomic E-state index is -0.418. The number of carbonyl (C=O) groups is 1. The molecule has 0 aliphatic carbocycles. The lowest BCUT2D eigenvalue weighted by Crippen LogP contribution is -2.08. The molecule has 3 rings (SSSR count). The van der Waals surface area contributed by atoms with Crippen molar-refractivity contribution >= 4 is 23.4 Å². The molecule has 2 aromatic carbocycles. The molecule has 0 aromatic heterocycles. The molecule has 1 heterocycles. The Bertz CT molecular complexity index is 802. The van der Waals surface area contributed by atoms with Gasteiger partial charge in [-0.05, 0) is 36.8 Å². The van der Waals surface area contributed by atoms with Crippen molar-refractivity contribution in [1.29, 1.82) is 0 Å². The Labute approximate surface area is 135 Å². The van der Waals surface area contributed by atoms with E-state index in [-0.39, 0.29) is 0 Å². The molecule has 0 N–H and O–H groups in total. The van der Waals surface area contributed by atoms with Crippen LogP contribution in [0.1, 0.15) is 16.7 Å². The molecule has 0 saturated heterocycles. The zero-order valence-electron chi connectivity index (χ0n) is 13.4. The first-order valence-electron chi connectivity index (χ1n) is 7.40. The molecule has 0 radical (unpaired) electrons. The highest BCUT2D eigenvalue weighted by molar-refractivity contribution is 6.31. The number of nitrogens with zero attached hydrogens (tertiary/aromatic N) is 2. The van der Waals surface area contributed by atoms with Crippen molar-refractivity contribution in [2.24, 2.45) is 5.16 Å². The van der Waals surface area contributed by atoms with Crippen LogP contribution in [0.2, 0.25) is 0 Å². The molecule has 0 fully saturated rings. The molecule has 0 saturated carbocycles. The lowest BCUT2D eigenvalue weighted by Gasteiger charge is -2.11. The van der Waals surface area contributed by atoms with Crippen LogP contribution in [-0.2, 0) is 9.63 Å². The van der Waals surface area contributed by atoms with E-state index in [1.54, 1.807) is 0 Å². The minimum Gasteiger partial charge on any atom is -0.378 e. The third-order valence-corrected chi connectivity index (χ3v) is 3.71. The third kappa shape index (κ3) is 3.16. The topological polar surface area (TPSA) is 41.9 Å². The molecule has 1 aliphatic rings. The lowest BCUT2D eigenvalue weighted by atomic mass is 9.99. The van der Waals surface area contributed by atoms with Crippen molar-refractivity contribution in [3.05, 3.63) is 70.8 Å². The number of anilines is 1. The number of rotatable bonds is 3. The lowest BCUT2D eigenvalue weighted by molar-refractivity contribution is -0.136. The fourth-order valence-electron chi connectivity index (χ4n) is 2.45. The summed E-state index contributed by atoms with van der Waals surface area (Å²) in [5.41, 5.74) is 5.09. The van der Waals surface area contributed by atoms with Crippen molar-refractivity contribution in [3.63, 3.8) is 0 Å². The molecule has 0 unspecified atom stereocenters. The standard InChI is InChI=1S/C19H18N2O2/c1-13-5-4-6-15(11-13)18-17(19(22)23-20-18)12-14-7-9-16(10-8-14)21(2)3/h4-12H,1-3H3/b17-12+. The zero-order valence-corrected chi connectivity index (χ0v) is 13.4. The van der Waals surface area contributed by atoms with E-state index in [2.05, 4.69) is 5.16 Å². The van der Waals surface area contributed by atoms with Gasteiger partial charge in [-0.25, -0.2) is 4.79 Å². The SMILES string of the molecule is Cc1cccc(C2=NOC(=O)/C2=C/c2ccc(N(C)C)cc2)c1. The maximum absolute atomic E-state index is 12.0. The molecule has 0 spiro atoms. The van der Waals surface area contributed by atoms with E-state index >= 15 is 0 Å². The summed E-state index contributed by atoms with van der Waals surface area (Å²) in [6.07, 6.45) is 1.82. The molecule has 4 heteroatoms. The Morgan fingerprint density at radius 2 is 1.83 bits per heavy atom. The van der Waals surface area contributed by atoms with Crippen LogP contribution in [0.15, 0.2) is 59.3 Å². The Morgan fingerprint density at radius 1 is 1.09 bits per heavy atom. The van der Waals surface area contributed by atoms with Gasteiger partial charge in [-0.1, -0.05) is 41.1 Å². The maximum Gasteiger partial charge on any atom is 0.368 e. The molecule has 0 bridgehead atoms. The van der Waals surface area contributed by atoms with Crippen molar-refractivity contribution in [2.45, 2.75) is 6.92 Å². The number of hydrogen-bond donors (Lipinski definition) is 0. The van der Waals surface area contributed by atoms with Crippen molar-refractivity contribution in [3.8, 4) is 0 Å². The second kappa shape index (κ2) is 6.08. The van der Waals surface area contributed by atoms with Crippen LogP contribution < -0.4 is 4.90 Å². The molecule has 2 aromatic rings. The first-order valence-corrected chi connectivity index (χ1v) is 7.40. The Morgan fingerprint density at radius 3 is 2.48 bits per heavy atom. The van der Waals surface area contributed by atoms with Gasteiger partial charge in [-0.2, -0.15) is 0 Å². The van der Waals surface area contributed by atoms with Crippen LogP contribution in [0.25, 0.3) is 6.08 Å². The summed E-state index contributed by atoms with van der Waals surface area (Å²) in [6.45, 7) is 2.01. The summed E-state index contributed by atoms with van der Waals surface area (Å²) in [4.78, 5) is 18.9. The van der Waals surface area contributed by atoms with Gasteiger partial charge in [0.1, 0.15) is 5.71 Å². The van der Waals surface area contributed by atoms with Gasteiger partial charge in [0.15, 0.2) is 0 Å². The maximum atomic E-state index is 12.0. The largest absolute Gasteiger partial charge is 0.378 e. The average Bonchev–Trinajstić information content (AvgIpc) is 2.89.